The number of hydrogen-bond acceptors (Lipinski definition) is 5. The lowest BCUT2D eigenvalue weighted by Crippen LogP contribution is -2.47. The molecule has 1 aliphatic carbocycles. The van der Waals surface area contributed by atoms with E-state index in [1.807, 2.05) is 56.3 Å². The molecule has 0 aliphatic heterocycles. The Bertz CT molecular complexity index is 1240. The number of aryl methyl sites for hydroxylation is 2. The fourth-order valence-corrected chi connectivity index (χ4v) is 4.47. The molecule has 1 saturated carbocycles. The molecule has 0 unspecified atom stereocenters. The molecule has 2 aromatic carbocycles. The molecule has 0 bridgehead atoms. The first kappa shape index (κ1) is 20.4. The lowest BCUT2D eigenvalue weighted by molar-refractivity contribution is 0.0670. The number of carbonyl (C=O) groups is 1. The van der Waals surface area contributed by atoms with Gasteiger partial charge in [0.2, 0.25) is 5.95 Å². The first-order chi connectivity index (χ1) is 15.5. The number of aliphatic hydroxyl groups excluding tert-OH is 1. The minimum absolute atomic E-state index is 0.0376. The Morgan fingerprint density at radius 2 is 1.97 bits per heavy atom. The van der Waals surface area contributed by atoms with Gasteiger partial charge >= 0.3 is 0 Å². The van der Waals surface area contributed by atoms with E-state index in [-0.39, 0.29) is 17.9 Å². The zero-order valence-electron chi connectivity index (χ0n) is 18.1. The average Bonchev–Trinajstić information content (AvgIpc) is 3.38. The van der Waals surface area contributed by atoms with Crippen LogP contribution < -0.4 is 5.32 Å². The van der Waals surface area contributed by atoms with Gasteiger partial charge < -0.3 is 15.4 Å². The molecule has 0 saturated heterocycles. The Morgan fingerprint density at radius 3 is 2.78 bits per heavy atom. The number of aromatic amines is 1. The van der Waals surface area contributed by atoms with Crippen LogP contribution in [0.2, 0.25) is 0 Å². The van der Waals surface area contributed by atoms with E-state index in [0.717, 1.165) is 28.8 Å². The smallest absolute Gasteiger partial charge is 0.251 e. The van der Waals surface area contributed by atoms with E-state index in [4.69, 9.17) is 0 Å². The van der Waals surface area contributed by atoms with E-state index < -0.39 is 6.10 Å². The second-order valence-corrected chi connectivity index (χ2v) is 8.53. The monoisotopic (exact) mass is 430 g/mol. The van der Waals surface area contributed by atoms with Crippen molar-refractivity contribution in [1.29, 1.82) is 0 Å². The van der Waals surface area contributed by atoms with Crippen molar-refractivity contribution >= 4 is 16.9 Å². The molecule has 0 spiro atoms. The van der Waals surface area contributed by atoms with Gasteiger partial charge in [0.25, 0.3) is 5.91 Å². The number of rotatable bonds is 4. The van der Waals surface area contributed by atoms with Crippen molar-refractivity contribution in [2.45, 2.75) is 51.2 Å². The predicted molar refractivity (Wildman–Crippen MR) is 121 cm³/mol. The number of benzene rings is 2. The topological polar surface area (TPSA) is 109 Å². The normalized spacial score (nSPS) is 21.0. The largest absolute Gasteiger partial charge is 0.391 e. The van der Waals surface area contributed by atoms with Gasteiger partial charge in [0, 0.05) is 11.5 Å². The fourth-order valence-electron chi connectivity index (χ4n) is 4.47. The molecule has 8 nitrogen and oxygen atoms in total. The highest BCUT2D eigenvalue weighted by atomic mass is 16.3. The molecule has 3 atom stereocenters. The van der Waals surface area contributed by atoms with E-state index in [1.54, 1.807) is 10.7 Å². The summed E-state index contributed by atoms with van der Waals surface area (Å²) in [4.78, 5) is 25.4. The van der Waals surface area contributed by atoms with E-state index in [2.05, 4.69) is 25.4 Å². The zero-order valence-corrected chi connectivity index (χ0v) is 18.1. The summed E-state index contributed by atoms with van der Waals surface area (Å²) < 4.78 is 1.76. The van der Waals surface area contributed by atoms with Gasteiger partial charge in [-0.25, -0.2) is 9.97 Å². The number of carbonyl (C=O) groups excluding carboxylic acids is 1. The average molecular weight is 431 g/mol. The van der Waals surface area contributed by atoms with Crippen LogP contribution in [-0.4, -0.2) is 47.9 Å². The lowest BCUT2D eigenvalue weighted by Gasteiger charge is -2.33. The molecule has 8 heteroatoms. The van der Waals surface area contributed by atoms with Crippen molar-refractivity contribution in [3.8, 4) is 5.95 Å². The van der Waals surface area contributed by atoms with Crippen molar-refractivity contribution in [3.63, 3.8) is 0 Å². The predicted octanol–water partition coefficient (Wildman–Crippen LogP) is 3.19. The summed E-state index contributed by atoms with van der Waals surface area (Å²) in [6.45, 7) is 3.81. The van der Waals surface area contributed by atoms with Crippen LogP contribution in [0.5, 0.6) is 0 Å². The van der Waals surface area contributed by atoms with Crippen LogP contribution in [0, 0.1) is 13.8 Å². The second kappa shape index (κ2) is 8.20. The van der Waals surface area contributed by atoms with Crippen LogP contribution in [0.15, 0.2) is 48.5 Å². The van der Waals surface area contributed by atoms with Gasteiger partial charge in [-0.05, 0) is 57.4 Å². The van der Waals surface area contributed by atoms with Crippen molar-refractivity contribution in [3.05, 3.63) is 71.3 Å². The Morgan fingerprint density at radius 1 is 1.12 bits per heavy atom. The quantitative estimate of drug-likeness (QED) is 0.461. The maximum Gasteiger partial charge on any atom is 0.251 e. The summed E-state index contributed by atoms with van der Waals surface area (Å²) in [5.74, 6) is 1.94. The summed E-state index contributed by atoms with van der Waals surface area (Å²) in [6.07, 6.45) is 1.33. The third kappa shape index (κ3) is 3.89. The number of H-pyrrole nitrogens is 1. The van der Waals surface area contributed by atoms with Crippen LogP contribution in [0.25, 0.3) is 17.0 Å². The van der Waals surface area contributed by atoms with Crippen molar-refractivity contribution < 1.29 is 9.90 Å². The maximum atomic E-state index is 12.8. The van der Waals surface area contributed by atoms with E-state index >= 15 is 0 Å². The van der Waals surface area contributed by atoms with Crippen molar-refractivity contribution in [1.82, 2.24) is 30.0 Å². The van der Waals surface area contributed by atoms with E-state index in [0.29, 0.717) is 30.2 Å². The number of aromatic nitrogens is 5. The third-order valence-corrected chi connectivity index (χ3v) is 6.09. The van der Waals surface area contributed by atoms with Gasteiger partial charge in [0.15, 0.2) is 0 Å². The number of nitrogens with one attached hydrogen (secondary N) is 2. The second-order valence-electron chi connectivity index (χ2n) is 8.53. The number of imidazole rings is 1. The minimum Gasteiger partial charge on any atom is -0.391 e. The molecule has 2 aromatic heterocycles. The number of hydrogen-bond donors (Lipinski definition) is 3. The first-order valence-corrected chi connectivity index (χ1v) is 10.9. The summed E-state index contributed by atoms with van der Waals surface area (Å²) in [5, 5.41) is 18.2. The zero-order chi connectivity index (χ0) is 22.2. The van der Waals surface area contributed by atoms with Gasteiger partial charge in [0.1, 0.15) is 11.6 Å². The number of amides is 1. The minimum atomic E-state index is -0.594. The molecule has 5 rings (SSSR count). The number of fused-ring (bicyclic) bond motifs is 1. The van der Waals surface area contributed by atoms with Crippen LogP contribution in [0.3, 0.4) is 0 Å². The Labute approximate surface area is 185 Å². The molecule has 4 aromatic rings. The molecule has 164 valence electrons. The molecule has 1 aliphatic rings. The van der Waals surface area contributed by atoms with Crippen molar-refractivity contribution in [2.75, 3.05) is 0 Å². The standard InChI is InChI=1S/C24H26N6O2/c1-14-6-5-7-17(12-14)23(32)26-20-13-16(10-11-21(20)31)22-25-15(2)29-30(22)24-27-18-8-3-4-9-19(18)28-24/h3-9,12,16,20-21,31H,10-11,13H2,1-2H3,(H,26,32)(H,27,28)/t16-,20+,21+/m0/s1. The molecule has 1 amide bonds. The molecule has 3 N–H and O–H groups in total. The van der Waals surface area contributed by atoms with E-state index in [9.17, 15) is 9.90 Å². The highest BCUT2D eigenvalue weighted by Crippen LogP contribution is 2.33. The van der Waals surface area contributed by atoms with Gasteiger partial charge in [-0.15, -0.1) is 5.10 Å². The molecule has 32 heavy (non-hydrogen) atoms. The van der Waals surface area contributed by atoms with Gasteiger partial charge in [-0.1, -0.05) is 29.8 Å². The molecule has 1 fully saturated rings. The number of aliphatic hydroxyl groups is 1. The Balaban J connectivity index is 1.40. The molecule has 0 radical (unpaired) electrons. The van der Waals surface area contributed by atoms with Gasteiger partial charge in [0.05, 0.1) is 23.2 Å². The number of para-hydroxylation sites is 2. The summed E-state index contributed by atoms with van der Waals surface area (Å²) in [5.41, 5.74) is 3.42. The molecule has 2 heterocycles. The van der Waals surface area contributed by atoms with Crippen molar-refractivity contribution in [2.24, 2.45) is 0 Å². The maximum absolute atomic E-state index is 12.8. The first-order valence-electron chi connectivity index (χ1n) is 10.9. The highest BCUT2D eigenvalue weighted by Gasteiger charge is 2.34. The van der Waals surface area contributed by atoms with Gasteiger partial charge in [-0.2, -0.15) is 4.68 Å². The van der Waals surface area contributed by atoms with Crippen LogP contribution in [0.4, 0.5) is 0 Å². The SMILES string of the molecule is Cc1cccc(C(=O)N[C@@H]2C[C@@H](c3nc(C)nn3-c3nc4ccccc4[nH]3)CC[C@H]2O)c1. The van der Waals surface area contributed by atoms with Crippen LogP contribution in [0.1, 0.15) is 52.8 Å². The van der Waals surface area contributed by atoms with Crippen LogP contribution >= 0.6 is 0 Å². The lowest BCUT2D eigenvalue weighted by atomic mass is 9.83. The summed E-state index contributed by atoms with van der Waals surface area (Å²) in [6, 6.07) is 14.9. The highest BCUT2D eigenvalue weighted by molar-refractivity contribution is 5.94. The van der Waals surface area contributed by atoms with E-state index in [1.165, 1.54) is 0 Å². The van der Waals surface area contributed by atoms with Crippen LogP contribution in [-0.2, 0) is 0 Å². The molecular formula is C24H26N6O2. The van der Waals surface area contributed by atoms with Gasteiger partial charge in [-0.3, -0.25) is 4.79 Å². The molecular weight excluding hydrogens is 404 g/mol. The summed E-state index contributed by atoms with van der Waals surface area (Å²) >= 11 is 0. The Hall–Kier alpha value is -3.52. The summed E-state index contributed by atoms with van der Waals surface area (Å²) in [7, 11) is 0. The number of nitrogens with zero attached hydrogens (tertiary/aromatic N) is 4. The fraction of sp³-hybridized carbons (Fsp3) is 0.333. The third-order valence-electron chi connectivity index (χ3n) is 6.09. The Kier molecular flexibility index (Phi) is 5.22.